The van der Waals surface area contributed by atoms with Crippen LogP contribution in [0.3, 0.4) is 0 Å². The standard InChI is InChI=1S/C20H18F2N2O/c1-13(16-8-4-6-14-5-2-3-7-17(14)16)23-12-20(25)24-19-10-9-15(21)11-18(19)22/h2-11,13,23H,12H2,1H3,(H,24,25)/t13-/m0/s1. The fourth-order valence-electron chi connectivity index (χ4n) is 2.77. The normalized spacial score (nSPS) is 12.1. The van der Waals surface area contributed by atoms with Gasteiger partial charge in [-0.05, 0) is 35.4 Å². The van der Waals surface area contributed by atoms with Gasteiger partial charge < -0.3 is 10.6 Å². The molecular formula is C20H18F2N2O. The molecule has 0 heterocycles. The van der Waals surface area contributed by atoms with E-state index in [2.05, 4.69) is 10.6 Å². The van der Waals surface area contributed by atoms with Crippen LogP contribution < -0.4 is 10.6 Å². The highest BCUT2D eigenvalue weighted by molar-refractivity contribution is 5.92. The number of halogens is 2. The maximum Gasteiger partial charge on any atom is 0.238 e. The predicted molar refractivity (Wildman–Crippen MR) is 95.4 cm³/mol. The minimum absolute atomic E-state index is 0.0151. The Labute approximate surface area is 144 Å². The van der Waals surface area contributed by atoms with Gasteiger partial charge in [0.2, 0.25) is 5.91 Å². The lowest BCUT2D eigenvalue weighted by Gasteiger charge is -2.16. The van der Waals surface area contributed by atoms with Crippen LogP contribution in [0.1, 0.15) is 18.5 Å². The lowest BCUT2D eigenvalue weighted by molar-refractivity contribution is -0.115. The van der Waals surface area contributed by atoms with Crippen molar-refractivity contribution in [1.82, 2.24) is 5.32 Å². The van der Waals surface area contributed by atoms with Crippen molar-refractivity contribution in [1.29, 1.82) is 0 Å². The lowest BCUT2D eigenvalue weighted by atomic mass is 10.00. The number of carbonyl (C=O) groups is 1. The highest BCUT2D eigenvalue weighted by Crippen LogP contribution is 2.24. The number of hydrogen-bond donors (Lipinski definition) is 2. The average Bonchev–Trinajstić information content (AvgIpc) is 2.61. The van der Waals surface area contributed by atoms with Crippen LogP contribution >= 0.6 is 0 Å². The number of fused-ring (bicyclic) bond motifs is 1. The first kappa shape index (κ1) is 17.0. The van der Waals surface area contributed by atoms with Gasteiger partial charge in [0, 0.05) is 12.1 Å². The quantitative estimate of drug-likeness (QED) is 0.722. The Hall–Kier alpha value is -2.79. The first-order valence-electron chi connectivity index (χ1n) is 8.00. The summed E-state index contributed by atoms with van der Waals surface area (Å²) in [6.07, 6.45) is 0. The molecule has 0 unspecified atom stereocenters. The molecule has 0 saturated carbocycles. The molecule has 3 nitrogen and oxygen atoms in total. The van der Waals surface area contributed by atoms with Crippen molar-refractivity contribution in [2.24, 2.45) is 0 Å². The summed E-state index contributed by atoms with van der Waals surface area (Å²) in [5.74, 6) is -1.87. The van der Waals surface area contributed by atoms with Crippen molar-refractivity contribution in [3.05, 3.63) is 77.9 Å². The topological polar surface area (TPSA) is 41.1 Å². The maximum absolute atomic E-state index is 13.6. The van der Waals surface area contributed by atoms with E-state index >= 15 is 0 Å². The van der Waals surface area contributed by atoms with Crippen LogP contribution in [0.5, 0.6) is 0 Å². The first-order valence-corrected chi connectivity index (χ1v) is 8.00. The van der Waals surface area contributed by atoms with Gasteiger partial charge in [0.25, 0.3) is 0 Å². The number of hydrogen-bond acceptors (Lipinski definition) is 2. The molecule has 0 radical (unpaired) electrons. The highest BCUT2D eigenvalue weighted by atomic mass is 19.1. The van der Waals surface area contributed by atoms with Crippen LogP contribution in [-0.2, 0) is 4.79 Å². The fraction of sp³-hybridized carbons (Fsp3) is 0.150. The van der Waals surface area contributed by atoms with E-state index in [0.29, 0.717) is 0 Å². The Kier molecular flexibility index (Phi) is 5.05. The molecule has 0 bridgehead atoms. The molecule has 3 aromatic carbocycles. The second-order valence-electron chi connectivity index (χ2n) is 5.84. The van der Waals surface area contributed by atoms with Crippen molar-refractivity contribution in [2.45, 2.75) is 13.0 Å². The molecular weight excluding hydrogens is 322 g/mol. The molecule has 1 amide bonds. The number of anilines is 1. The van der Waals surface area contributed by atoms with Gasteiger partial charge in [-0.15, -0.1) is 0 Å². The average molecular weight is 340 g/mol. The third-order valence-corrected chi connectivity index (χ3v) is 4.06. The largest absolute Gasteiger partial charge is 0.322 e. The molecule has 0 aliphatic rings. The third kappa shape index (κ3) is 4.00. The zero-order valence-corrected chi connectivity index (χ0v) is 13.7. The zero-order valence-electron chi connectivity index (χ0n) is 13.7. The Morgan fingerprint density at radius 3 is 2.60 bits per heavy atom. The number of rotatable bonds is 5. The molecule has 2 N–H and O–H groups in total. The smallest absolute Gasteiger partial charge is 0.238 e. The minimum atomic E-state index is -0.796. The van der Waals surface area contributed by atoms with Crippen molar-refractivity contribution in [2.75, 3.05) is 11.9 Å². The Balaban J connectivity index is 1.65. The van der Waals surface area contributed by atoms with Gasteiger partial charge in [0.1, 0.15) is 11.6 Å². The Bertz CT molecular complexity index is 906. The Morgan fingerprint density at radius 1 is 1.04 bits per heavy atom. The molecule has 3 aromatic rings. The summed E-state index contributed by atoms with van der Waals surface area (Å²) < 4.78 is 26.5. The van der Waals surface area contributed by atoms with E-state index in [-0.39, 0.29) is 18.3 Å². The maximum atomic E-state index is 13.6. The van der Waals surface area contributed by atoms with E-state index in [1.54, 1.807) is 0 Å². The number of amides is 1. The first-order chi connectivity index (χ1) is 12.0. The summed E-state index contributed by atoms with van der Waals surface area (Å²) in [6, 6.07) is 17.0. The second-order valence-corrected chi connectivity index (χ2v) is 5.84. The molecule has 5 heteroatoms. The van der Waals surface area contributed by atoms with Gasteiger partial charge in [-0.1, -0.05) is 42.5 Å². The van der Waals surface area contributed by atoms with Crippen molar-refractivity contribution < 1.29 is 13.6 Å². The van der Waals surface area contributed by atoms with E-state index in [1.807, 2.05) is 49.4 Å². The summed E-state index contributed by atoms with van der Waals surface area (Å²) in [4.78, 5) is 12.0. The summed E-state index contributed by atoms with van der Waals surface area (Å²) >= 11 is 0. The monoisotopic (exact) mass is 340 g/mol. The molecule has 0 aliphatic carbocycles. The van der Waals surface area contributed by atoms with Crippen molar-refractivity contribution in [3.63, 3.8) is 0 Å². The highest BCUT2D eigenvalue weighted by Gasteiger charge is 2.12. The van der Waals surface area contributed by atoms with Crippen LogP contribution in [0.15, 0.2) is 60.7 Å². The van der Waals surface area contributed by atoms with Crippen LogP contribution in [0.2, 0.25) is 0 Å². The van der Waals surface area contributed by atoms with Gasteiger partial charge in [-0.3, -0.25) is 4.79 Å². The van der Waals surface area contributed by atoms with Crippen molar-refractivity contribution >= 4 is 22.4 Å². The van der Waals surface area contributed by atoms with E-state index < -0.39 is 17.5 Å². The van der Waals surface area contributed by atoms with Crippen molar-refractivity contribution in [3.8, 4) is 0 Å². The summed E-state index contributed by atoms with van der Waals surface area (Å²) in [7, 11) is 0. The number of benzene rings is 3. The molecule has 0 spiro atoms. The molecule has 0 fully saturated rings. The van der Waals surface area contributed by atoms with Gasteiger partial charge in [0.15, 0.2) is 0 Å². The summed E-state index contributed by atoms with van der Waals surface area (Å²) in [5, 5.41) is 7.82. The summed E-state index contributed by atoms with van der Waals surface area (Å²) in [5.41, 5.74) is 1.05. The lowest BCUT2D eigenvalue weighted by Crippen LogP contribution is -2.30. The number of nitrogens with one attached hydrogen (secondary N) is 2. The molecule has 0 saturated heterocycles. The molecule has 0 aliphatic heterocycles. The molecule has 1 atom stereocenters. The predicted octanol–water partition coefficient (Wildman–Crippen LogP) is 4.41. The molecule has 128 valence electrons. The molecule has 0 aromatic heterocycles. The summed E-state index contributed by atoms with van der Waals surface area (Å²) in [6.45, 7) is 1.98. The number of carbonyl (C=O) groups excluding carboxylic acids is 1. The van der Waals surface area contributed by atoms with E-state index in [1.165, 1.54) is 6.07 Å². The Morgan fingerprint density at radius 2 is 1.80 bits per heavy atom. The van der Waals surface area contributed by atoms with Crippen LogP contribution in [0.25, 0.3) is 10.8 Å². The SMILES string of the molecule is C[C@H](NCC(=O)Nc1ccc(F)cc1F)c1cccc2ccccc12. The van der Waals surface area contributed by atoms with E-state index in [9.17, 15) is 13.6 Å². The van der Waals surface area contributed by atoms with E-state index in [4.69, 9.17) is 0 Å². The zero-order chi connectivity index (χ0) is 17.8. The third-order valence-electron chi connectivity index (χ3n) is 4.06. The minimum Gasteiger partial charge on any atom is -0.322 e. The van der Waals surface area contributed by atoms with Crippen LogP contribution in [0, 0.1) is 11.6 Å². The van der Waals surface area contributed by atoms with Crippen LogP contribution in [-0.4, -0.2) is 12.5 Å². The van der Waals surface area contributed by atoms with E-state index in [0.717, 1.165) is 28.5 Å². The van der Waals surface area contributed by atoms with Gasteiger partial charge in [0.05, 0.1) is 12.2 Å². The second kappa shape index (κ2) is 7.40. The molecule has 3 rings (SSSR count). The van der Waals surface area contributed by atoms with Crippen LogP contribution in [0.4, 0.5) is 14.5 Å². The molecule has 25 heavy (non-hydrogen) atoms. The fourth-order valence-corrected chi connectivity index (χ4v) is 2.77. The van der Waals surface area contributed by atoms with Gasteiger partial charge >= 0.3 is 0 Å². The van der Waals surface area contributed by atoms with Gasteiger partial charge in [-0.2, -0.15) is 0 Å². The van der Waals surface area contributed by atoms with Gasteiger partial charge in [-0.25, -0.2) is 8.78 Å².